The third kappa shape index (κ3) is 2.89. The second-order valence-electron chi connectivity index (χ2n) is 5.05. The molecule has 1 atom stereocenters. The summed E-state index contributed by atoms with van der Waals surface area (Å²) in [6.45, 7) is 4.04. The maximum absolute atomic E-state index is 13.8. The molecule has 5 heteroatoms. The van der Waals surface area contributed by atoms with Gasteiger partial charge in [-0.1, -0.05) is 18.2 Å². The number of nitrogens with zero attached hydrogens (tertiary/aromatic N) is 2. The van der Waals surface area contributed by atoms with Crippen LogP contribution in [0.3, 0.4) is 0 Å². The van der Waals surface area contributed by atoms with Crippen LogP contribution in [-0.2, 0) is 13.5 Å². The lowest BCUT2D eigenvalue weighted by Gasteiger charge is -2.17. The predicted molar refractivity (Wildman–Crippen MR) is 77.5 cm³/mol. The molecule has 0 saturated carbocycles. The number of rotatable bonds is 5. The molecule has 2 rings (SSSR count). The predicted octanol–water partition coefficient (Wildman–Crippen LogP) is 2.31. The van der Waals surface area contributed by atoms with E-state index in [1.54, 1.807) is 12.1 Å². The van der Waals surface area contributed by atoms with Gasteiger partial charge in [-0.25, -0.2) is 4.39 Å². The maximum Gasteiger partial charge on any atom is 0.128 e. The summed E-state index contributed by atoms with van der Waals surface area (Å²) in [7, 11) is 1.93. The molecule has 0 bridgehead atoms. The lowest BCUT2D eigenvalue weighted by molar-refractivity contribution is 0.485. The van der Waals surface area contributed by atoms with Crippen LogP contribution in [0.4, 0.5) is 4.39 Å². The van der Waals surface area contributed by atoms with Crippen LogP contribution in [0.2, 0.25) is 0 Å². The Labute approximate surface area is 118 Å². The van der Waals surface area contributed by atoms with Crippen molar-refractivity contribution in [2.24, 2.45) is 12.9 Å². The summed E-state index contributed by atoms with van der Waals surface area (Å²) in [5, 5.41) is 4.40. The summed E-state index contributed by atoms with van der Waals surface area (Å²) >= 11 is 0. The molecule has 3 N–H and O–H groups in total. The van der Waals surface area contributed by atoms with E-state index < -0.39 is 0 Å². The molecular weight excluding hydrogens is 255 g/mol. The molecule has 1 heterocycles. The highest BCUT2D eigenvalue weighted by atomic mass is 19.1. The molecule has 0 amide bonds. The third-order valence-electron chi connectivity index (χ3n) is 3.82. The zero-order chi connectivity index (χ0) is 14.7. The van der Waals surface area contributed by atoms with Gasteiger partial charge in [0.25, 0.3) is 0 Å². The van der Waals surface area contributed by atoms with E-state index in [0.29, 0.717) is 5.56 Å². The highest BCUT2D eigenvalue weighted by Gasteiger charge is 2.16. The Morgan fingerprint density at radius 1 is 1.35 bits per heavy atom. The van der Waals surface area contributed by atoms with Crippen LogP contribution in [0.15, 0.2) is 24.3 Å². The summed E-state index contributed by atoms with van der Waals surface area (Å²) < 4.78 is 15.7. The normalized spacial score (nSPS) is 12.7. The molecule has 0 saturated heterocycles. The molecule has 0 fully saturated rings. The number of nitrogens with two attached hydrogens (primary N) is 1. The van der Waals surface area contributed by atoms with Gasteiger partial charge >= 0.3 is 0 Å². The largest absolute Gasteiger partial charge is 0.272 e. The zero-order valence-corrected chi connectivity index (χ0v) is 12.2. The summed E-state index contributed by atoms with van der Waals surface area (Å²) in [6.07, 6.45) is 1.54. The van der Waals surface area contributed by atoms with Gasteiger partial charge in [0.2, 0.25) is 0 Å². The Morgan fingerprint density at radius 2 is 2.05 bits per heavy atom. The van der Waals surface area contributed by atoms with Crippen LogP contribution < -0.4 is 11.3 Å². The number of hydrogen-bond donors (Lipinski definition) is 2. The summed E-state index contributed by atoms with van der Waals surface area (Å²) in [5.41, 5.74) is 6.69. The smallest absolute Gasteiger partial charge is 0.128 e. The minimum absolute atomic E-state index is 0.199. The number of aromatic nitrogens is 2. The number of hydrazine groups is 1. The molecule has 108 valence electrons. The number of hydrogen-bond acceptors (Lipinski definition) is 3. The van der Waals surface area contributed by atoms with Crippen LogP contribution in [0.25, 0.3) is 0 Å². The molecule has 4 nitrogen and oxygen atoms in total. The molecule has 0 aliphatic rings. The van der Waals surface area contributed by atoms with Gasteiger partial charge in [-0.05, 0) is 38.3 Å². The Kier molecular flexibility index (Phi) is 4.52. The van der Waals surface area contributed by atoms with E-state index in [4.69, 9.17) is 5.84 Å². The van der Waals surface area contributed by atoms with E-state index in [1.807, 2.05) is 31.6 Å². The standard InChI is InChI=1S/C15H21FN4/c1-10-12(11(2)20(3)19-10)8-9-15(18-17)13-6-4-5-7-14(13)16/h4-7,15,18H,8-9,17H2,1-3H3. The quantitative estimate of drug-likeness (QED) is 0.651. The lowest BCUT2D eigenvalue weighted by Crippen LogP contribution is -2.29. The fourth-order valence-corrected chi connectivity index (χ4v) is 2.55. The molecule has 0 aliphatic carbocycles. The highest BCUT2D eigenvalue weighted by Crippen LogP contribution is 2.23. The van der Waals surface area contributed by atoms with Crippen molar-refractivity contribution in [2.45, 2.75) is 32.7 Å². The van der Waals surface area contributed by atoms with E-state index in [1.165, 1.54) is 11.6 Å². The topological polar surface area (TPSA) is 55.9 Å². The van der Waals surface area contributed by atoms with Crippen molar-refractivity contribution in [3.05, 3.63) is 52.6 Å². The maximum atomic E-state index is 13.8. The first-order valence-corrected chi connectivity index (χ1v) is 6.74. The van der Waals surface area contributed by atoms with Gasteiger partial charge in [0.05, 0.1) is 5.69 Å². The lowest BCUT2D eigenvalue weighted by atomic mass is 9.98. The van der Waals surface area contributed by atoms with E-state index in [-0.39, 0.29) is 11.9 Å². The van der Waals surface area contributed by atoms with E-state index in [0.717, 1.165) is 24.2 Å². The van der Waals surface area contributed by atoms with Crippen LogP contribution in [0.5, 0.6) is 0 Å². The summed E-state index contributed by atoms with van der Waals surface area (Å²) in [4.78, 5) is 0. The van der Waals surface area contributed by atoms with Crippen molar-refractivity contribution in [3.8, 4) is 0 Å². The molecule has 0 aliphatic heterocycles. The number of benzene rings is 1. The second kappa shape index (κ2) is 6.15. The molecule has 0 radical (unpaired) electrons. The number of aryl methyl sites for hydroxylation is 2. The Bertz CT molecular complexity index is 592. The van der Waals surface area contributed by atoms with Gasteiger partial charge in [-0.15, -0.1) is 0 Å². The Morgan fingerprint density at radius 3 is 2.60 bits per heavy atom. The van der Waals surface area contributed by atoms with E-state index in [9.17, 15) is 4.39 Å². The SMILES string of the molecule is Cc1nn(C)c(C)c1CCC(NN)c1ccccc1F. The molecule has 20 heavy (non-hydrogen) atoms. The van der Waals surface area contributed by atoms with Crippen molar-refractivity contribution in [2.75, 3.05) is 0 Å². The van der Waals surface area contributed by atoms with Gasteiger partial charge in [0, 0.05) is 24.3 Å². The van der Waals surface area contributed by atoms with Crippen LogP contribution in [0, 0.1) is 19.7 Å². The Hall–Kier alpha value is -1.72. The summed E-state index contributed by atoms with van der Waals surface area (Å²) in [6, 6.07) is 6.53. The fraction of sp³-hybridized carbons (Fsp3) is 0.400. The van der Waals surface area contributed by atoms with Gasteiger partial charge in [0.15, 0.2) is 0 Å². The van der Waals surface area contributed by atoms with Crippen molar-refractivity contribution >= 4 is 0 Å². The highest BCUT2D eigenvalue weighted by molar-refractivity contribution is 5.26. The fourth-order valence-electron chi connectivity index (χ4n) is 2.55. The first kappa shape index (κ1) is 14.7. The zero-order valence-electron chi connectivity index (χ0n) is 12.2. The van der Waals surface area contributed by atoms with Crippen molar-refractivity contribution < 1.29 is 4.39 Å². The van der Waals surface area contributed by atoms with Gasteiger partial charge in [-0.2, -0.15) is 5.10 Å². The number of nitrogens with one attached hydrogen (secondary N) is 1. The van der Waals surface area contributed by atoms with Crippen LogP contribution >= 0.6 is 0 Å². The summed E-state index contributed by atoms with van der Waals surface area (Å²) in [5.74, 6) is 5.35. The molecule has 1 aromatic heterocycles. The van der Waals surface area contributed by atoms with Gasteiger partial charge in [-0.3, -0.25) is 16.0 Å². The second-order valence-corrected chi connectivity index (χ2v) is 5.05. The average molecular weight is 276 g/mol. The molecule has 1 aromatic carbocycles. The van der Waals surface area contributed by atoms with E-state index >= 15 is 0 Å². The molecule has 2 aromatic rings. The third-order valence-corrected chi connectivity index (χ3v) is 3.82. The number of halogens is 1. The molecule has 1 unspecified atom stereocenters. The van der Waals surface area contributed by atoms with E-state index in [2.05, 4.69) is 10.5 Å². The van der Waals surface area contributed by atoms with Gasteiger partial charge in [0.1, 0.15) is 5.82 Å². The van der Waals surface area contributed by atoms with Crippen molar-refractivity contribution in [3.63, 3.8) is 0 Å². The minimum Gasteiger partial charge on any atom is -0.272 e. The first-order chi connectivity index (χ1) is 9.54. The minimum atomic E-state index is -0.227. The van der Waals surface area contributed by atoms with Crippen LogP contribution in [0.1, 0.15) is 35.0 Å². The average Bonchev–Trinajstić information content (AvgIpc) is 2.67. The molecular formula is C15H21FN4. The first-order valence-electron chi connectivity index (χ1n) is 6.74. The Balaban J connectivity index is 2.14. The molecule has 0 spiro atoms. The van der Waals surface area contributed by atoms with Crippen molar-refractivity contribution in [1.82, 2.24) is 15.2 Å². The van der Waals surface area contributed by atoms with Crippen molar-refractivity contribution in [1.29, 1.82) is 0 Å². The monoisotopic (exact) mass is 276 g/mol. The van der Waals surface area contributed by atoms with Gasteiger partial charge < -0.3 is 0 Å². The van der Waals surface area contributed by atoms with Crippen LogP contribution in [-0.4, -0.2) is 9.78 Å².